The molecule has 17 heavy (non-hydrogen) atoms. The van der Waals surface area contributed by atoms with Gasteiger partial charge in [-0.25, -0.2) is 4.39 Å². The molecule has 94 valence electrons. The van der Waals surface area contributed by atoms with E-state index >= 15 is 0 Å². The maximum atomic E-state index is 12.8. The lowest BCUT2D eigenvalue weighted by Gasteiger charge is -2.36. The summed E-state index contributed by atoms with van der Waals surface area (Å²) in [5.41, 5.74) is 0.947. The number of hydrogen-bond acceptors (Lipinski definition) is 3. The summed E-state index contributed by atoms with van der Waals surface area (Å²) < 4.78 is 12.8. The fourth-order valence-corrected chi connectivity index (χ4v) is 2.42. The van der Waals surface area contributed by atoms with Crippen molar-refractivity contribution in [3.8, 4) is 0 Å². The molecule has 1 fully saturated rings. The van der Waals surface area contributed by atoms with Crippen LogP contribution >= 0.6 is 0 Å². The molecule has 1 N–H and O–H groups in total. The van der Waals surface area contributed by atoms with Crippen molar-refractivity contribution < 1.29 is 4.39 Å². The largest absolute Gasteiger partial charge is 0.316 e. The molecule has 0 bridgehead atoms. The van der Waals surface area contributed by atoms with Crippen LogP contribution in [0.5, 0.6) is 0 Å². The van der Waals surface area contributed by atoms with Crippen LogP contribution in [0.2, 0.25) is 0 Å². The number of pyridine rings is 1. The molecule has 2 rings (SSSR count). The van der Waals surface area contributed by atoms with Crippen molar-refractivity contribution in [2.24, 2.45) is 0 Å². The number of nitrogens with one attached hydrogen (secondary N) is 1. The molecule has 1 aliphatic heterocycles. The van der Waals surface area contributed by atoms with E-state index in [4.69, 9.17) is 0 Å². The van der Waals surface area contributed by atoms with Gasteiger partial charge in [0.1, 0.15) is 5.82 Å². The van der Waals surface area contributed by atoms with E-state index < -0.39 is 0 Å². The number of halogens is 1. The number of rotatable bonds is 3. The summed E-state index contributed by atoms with van der Waals surface area (Å²) in [7, 11) is 2.01. The molecule has 1 aliphatic rings. The van der Waals surface area contributed by atoms with Crippen LogP contribution in [-0.4, -0.2) is 36.1 Å². The Balaban J connectivity index is 2.03. The third-order valence-corrected chi connectivity index (χ3v) is 3.59. The SMILES string of the molecule is CNC1CCCN(C(C)c2ccc(F)cn2)C1. The van der Waals surface area contributed by atoms with Crippen LogP contribution in [0.1, 0.15) is 31.5 Å². The van der Waals surface area contributed by atoms with E-state index in [1.165, 1.54) is 25.1 Å². The van der Waals surface area contributed by atoms with Crippen molar-refractivity contribution in [2.75, 3.05) is 20.1 Å². The van der Waals surface area contributed by atoms with Crippen LogP contribution in [0.15, 0.2) is 18.3 Å². The quantitative estimate of drug-likeness (QED) is 0.871. The summed E-state index contributed by atoms with van der Waals surface area (Å²) in [5.74, 6) is -0.271. The molecule has 0 aromatic carbocycles. The lowest BCUT2D eigenvalue weighted by atomic mass is 10.0. The molecule has 2 atom stereocenters. The van der Waals surface area contributed by atoms with Gasteiger partial charge in [0.05, 0.1) is 11.9 Å². The Morgan fingerprint density at radius 3 is 3.00 bits per heavy atom. The highest BCUT2D eigenvalue weighted by Gasteiger charge is 2.23. The normalized spacial score (nSPS) is 23.6. The first kappa shape index (κ1) is 12.5. The molecule has 2 unspecified atom stereocenters. The zero-order valence-electron chi connectivity index (χ0n) is 10.5. The number of hydrogen-bond donors (Lipinski definition) is 1. The summed E-state index contributed by atoms with van der Waals surface area (Å²) >= 11 is 0. The summed E-state index contributed by atoms with van der Waals surface area (Å²) in [6, 6.07) is 4.08. The van der Waals surface area contributed by atoms with Crippen LogP contribution in [0.25, 0.3) is 0 Å². The van der Waals surface area contributed by atoms with E-state index in [0.29, 0.717) is 6.04 Å². The molecule has 0 aliphatic carbocycles. The molecular formula is C13H20FN3. The summed E-state index contributed by atoms with van der Waals surface area (Å²) in [6.07, 6.45) is 3.74. The van der Waals surface area contributed by atoms with Gasteiger partial charge in [-0.2, -0.15) is 0 Å². The molecule has 1 aromatic heterocycles. The third kappa shape index (κ3) is 3.01. The minimum atomic E-state index is -0.271. The van der Waals surface area contributed by atoms with Gasteiger partial charge in [-0.3, -0.25) is 9.88 Å². The van der Waals surface area contributed by atoms with Gasteiger partial charge < -0.3 is 5.32 Å². The van der Waals surface area contributed by atoms with E-state index in [2.05, 4.69) is 22.1 Å². The highest BCUT2D eigenvalue weighted by atomic mass is 19.1. The lowest BCUT2D eigenvalue weighted by Crippen LogP contribution is -2.45. The average Bonchev–Trinajstić information content (AvgIpc) is 2.39. The fourth-order valence-electron chi connectivity index (χ4n) is 2.42. The molecule has 1 aromatic rings. The summed E-state index contributed by atoms with van der Waals surface area (Å²) in [5, 5.41) is 3.33. The Hall–Kier alpha value is -1.00. The first-order valence-corrected chi connectivity index (χ1v) is 6.23. The van der Waals surface area contributed by atoms with Crippen molar-refractivity contribution in [2.45, 2.75) is 31.8 Å². The second-order valence-electron chi connectivity index (χ2n) is 4.70. The second kappa shape index (κ2) is 5.56. The number of likely N-dealkylation sites (tertiary alicyclic amines) is 1. The Bertz CT molecular complexity index is 352. The van der Waals surface area contributed by atoms with Crippen LogP contribution in [-0.2, 0) is 0 Å². The molecule has 4 heteroatoms. The minimum absolute atomic E-state index is 0.256. The molecule has 0 saturated carbocycles. The highest BCUT2D eigenvalue weighted by molar-refractivity contribution is 5.09. The number of aromatic nitrogens is 1. The average molecular weight is 237 g/mol. The van der Waals surface area contributed by atoms with Gasteiger partial charge in [-0.05, 0) is 45.5 Å². The molecule has 1 saturated heterocycles. The molecule has 0 spiro atoms. The van der Waals surface area contributed by atoms with Crippen molar-refractivity contribution in [1.82, 2.24) is 15.2 Å². The van der Waals surface area contributed by atoms with Gasteiger partial charge in [-0.1, -0.05) is 0 Å². The first-order valence-electron chi connectivity index (χ1n) is 6.23. The van der Waals surface area contributed by atoms with Gasteiger partial charge in [0, 0.05) is 18.6 Å². The van der Waals surface area contributed by atoms with E-state index in [1.54, 1.807) is 6.07 Å². The standard InChI is InChI=1S/C13H20FN3/c1-10(13-6-5-11(14)8-16-13)17-7-3-4-12(9-17)15-2/h5-6,8,10,12,15H,3-4,7,9H2,1-2H3. The van der Waals surface area contributed by atoms with Crippen LogP contribution in [0.4, 0.5) is 4.39 Å². The second-order valence-corrected chi connectivity index (χ2v) is 4.70. The van der Waals surface area contributed by atoms with Crippen LogP contribution in [0, 0.1) is 5.82 Å². The van der Waals surface area contributed by atoms with Crippen molar-refractivity contribution in [1.29, 1.82) is 0 Å². The lowest BCUT2D eigenvalue weighted by molar-refractivity contribution is 0.146. The Labute approximate surface area is 102 Å². The maximum Gasteiger partial charge on any atom is 0.141 e. The third-order valence-electron chi connectivity index (χ3n) is 3.59. The Morgan fingerprint density at radius 2 is 2.35 bits per heavy atom. The molecule has 2 heterocycles. The van der Waals surface area contributed by atoms with Gasteiger partial charge in [-0.15, -0.1) is 0 Å². The molecule has 0 amide bonds. The van der Waals surface area contributed by atoms with Crippen LogP contribution in [0.3, 0.4) is 0 Å². The van der Waals surface area contributed by atoms with E-state index in [1.807, 2.05) is 7.05 Å². The number of piperidine rings is 1. The Kier molecular flexibility index (Phi) is 4.07. The monoisotopic (exact) mass is 237 g/mol. The molecule has 0 radical (unpaired) electrons. The predicted molar refractivity (Wildman–Crippen MR) is 66.3 cm³/mol. The zero-order valence-corrected chi connectivity index (χ0v) is 10.5. The first-order chi connectivity index (χ1) is 8.20. The van der Waals surface area contributed by atoms with E-state index in [-0.39, 0.29) is 11.9 Å². The molecule has 3 nitrogen and oxygen atoms in total. The van der Waals surface area contributed by atoms with Crippen molar-refractivity contribution in [3.05, 3.63) is 29.8 Å². The van der Waals surface area contributed by atoms with E-state index in [0.717, 1.165) is 18.8 Å². The topological polar surface area (TPSA) is 28.2 Å². The summed E-state index contributed by atoms with van der Waals surface area (Å²) in [6.45, 7) is 4.27. The maximum absolute atomic E-state index is 12.8. The predicted octanol–water partition coefficient (Wildman–Crippen LogP) is 1.97. The van der Waals surface area contributed by atoms with E-state index in [9.17, 15) is 4.39 Å². The fraction of sp³-hybridized carbons (Fsp3) is 0.615. The van der Waals surface area contributed by atoms with Gasteiger partial charge in [0.2, 0.25) is 0 Å². The smallest absolute Gasteiger partial charge is 0.141 e. The van der Waals surface area contributed by atoms with Gasteiger partial charge in [0.15, 0.2) is 0 Å². The highest BCUT2D eigenvalue weighted by Crippen LogP contribution is 2.22. The van der Waals surface area contributed by atoms with Crippen molar-refractivity contribution in [3.63, 3.8) is 0 Å². The van der Waals surface area contributed by atoms with Gasteiger partial charge in [0.25, 0.3) is 0 Å². The number of nitrogens with zero attached hydrogens (tertiary/aromatic N) is 2. The minimum Gasteiger partial charge on any atom is -0.316 e. The number of likely N-dealkylation sites (N-methyl/N-ethyl adjacent to an activating group) is 1. The van der Waals surface area contributed by atoms with Crippen LogP contribution < -0.4 is 5.32 Å². The van der Waals surface area contributed by atoms with Crippen molar-refractivity contribution >= 4 is 0 Å². The molecular weight excluding hydrogens is 217 g/mol. The summed E-state index contributed by atoms with van der Waals surface area (Å²) in [4.78, 5) is 6.57. The zero-order chi connectivity index (χ0) is 12.3. The Morgan fingerprint density at radius 1 is 1.53 bits per heavy atom. The van der Waals surface area contributed by atoms with Gasteiger partial charge >= 0.3 is 0 Å².